The van der Waals surface area contributed by atoms with Crippen molar-refractivity contribution >= 4 is 23.3 Å². The highest BCUT2D eigenvalue weighted by Crippen LogP contribution is 2.22. The zero-order chi connectivity index (χ0) is 13.9. The van der Waals surface area contributed by atoms with E-state index in [-0.39, 0.29) is 11.4 Å². The zero-order valence-corrected chi connectivity index (χ0v) is 11.9. The van der Waals surface area contributed by atoms with Gasteiger partial charge in [0.2, 0.25) is 0 Å². The lowest BCUT2D eigenvalue weighted by molar-refractivity contribution is 0.0890. The van der Waals surface area contributed by atoms with Gasteiger partial charge in [0.15, 0.2) is 0 Å². The van der Waals surface area contributed by atoms with Gasteiger partial charge in [-0.3, -0.25) is 4.79 Å². The largest absolute Gasteiger partial charge is 0.379 e. The van der Waals surface area contributed by atoms with Crippen molar-refractivity contribution in [3.63, 3.8) is 0 Å². The van der Waals surface area contributed by atoms with Crippen LogP contribution < -0.4 is 10.6 Å². The van der Waals surface area contributed by atoms with E-state index in [1.807, 2.05) is 13.8 Å². The van der Waals surface area contributed by atoms with Crippen LogP contribution in [0, 0.1) is 0 Å². The van der Waals surface area contributed by atoms with E-state index in [1.165, 1.54) is 6.20 Å². The summed E-state index contributed by atoms with van der Waals surface area (Å²) in [4.78, 5) is 16.4. The Labute approximate surface area is 117 Å². The molecule has 104 valence electrons. The molecule has 1 aromatic heterocycles. The second-order valence-electron chi connectivity index (χ2n) is 4.90. The van der Waals surface area contributed by atoms with Crippen LogP contribution in [0.1, 0.15) is 30.6 Å². The van der Waals surface area contributed by atoms with E-state index in [9.17, 15) is 4.79 Å². The molecule has 0 radical (unpaired) electrons. The van der Waals surface area contributed by atoms with E-state index >= 15 is 0 Å². The number of nitrogens with zero attached hydrogens (tertiary/aromatic N) is 1. The van der Waals surface area contributed by atoms with E-state index in [0.29, 0.717) is 29.6 Å². The fraction of sp³-hybridized carbons (Fsp3) is 0.538. The number of hydrogen-bond acceptors (Lipinski definition) is 4. The van der Waals surface area contributed by atoms with E-state index in [0.717, 1.165) is 13.0 Å². The molecule has 0 bridgehead atoms. The summed E-state index contributed by atoms with van der Waals surface area (Å²) in [6.07, 6.45) is 2.30. The SMILES string of the molecule is CCNc1cc(C(=O)NC2(C)CCOC2)c(Cl)cn1. The van der Waals surface area contributed by atoms with E-state index in [2.05, 4.69) is 15.6 Å². The van der Waals surface area contributed by atoms with Gasteiger partial charge in [-0.1, -0.05) is 11.6 Å². The minimum Gasteiger partial charge on any atom is -0.379 e. The maximum atomic E-state index is 12.3. The van der Waals surface area contributed by atoms with Crippen LogP contribution in [0.4, 0.5) is 5.82 Å². The summed E-state index contributed by atoms with van der Waals surface area (Å²) in [6, 6.07) is 1.67. The van der Waals surface area contributed by atoms with Crippen LogP contribution in [0.15, 0.2) is 12.3 Å². The molecule has 1 fully saturated rings. The molecule has 2 rings (SSSR count). The second-order valence-corrected chi connectivity index (χ2v) is 5.30. The molecule has 0 aliphatic carbocycles. The summed E-state index contributed by atoms with van der Waals surface area (Å²) in [5.74, 6) is 0.449. The first-order valence-corrected chi connectivity index (χ1v) is 6.71. The fourth-order valence-corrected chi connectivity index (χ4v) is 2.19. The predicted molar refractivity (Wildman–Crippen MR) is 74.7 cm³/mol. The van der Waals surface area contributed by atoms with Gasteiger partial charge in [-0.05, 0) is 26.3 Å². The Morgan fingerprint density at radius 1 is 1.63 bits per heavy atom. The number of carbonyl (C=O) groups is 1. The number of nitrogens with one attached hydrogen (secondary N) is 2. The summed E-state index contributed by atoms with van der Waals surface area (Å²) in [7, 11) is 0. The number of hydrogen-bond donors (Lipinski definition) is 2. The van der Waals surface area contributed by atoms with Crippen molar-refractivity contribution in [2.24, 2.45) is 0 Å². The maximum absolute atomic E-state index is 12.3. The molecule has 2 N–H and O–H groups in total. The quantitative estimate of drug-likeness (QED) is 0.888. The first kappa shape index (κ1) is 14.1. The minimum atomic E-state index is -0.317. The van der Waals surface area contributed by atoms with Gasteiger partial charge in [-0.2, -0.15) is 0 Å². The van der Waals surface area contributed by atoms with Crippen molar-refractivity contribution in [1.82, 2.24) is 10.3 Å². The van der Waals surface area contributed by atoms with Gasteiger partial charge in [-0.25, -0.2) is 4.98 Å². The molecule has 0 aromatic carbocycles. The van der Waals surface area contributed by atoms with Crippen LogP contribution in [0.25, 0.3) is 0 Å². The van der Waals surface area contributed by atoms with E-state index in [1.54, 1.807) is 6.07 Å². The molecule has 1 atom stereocenters. The molecule has 6 heteroatoms. The lowest BCUT2D eigenvalue weighted by Crippen LogP contribution is -2.46. The zero-order valence-electron chi connectivity index (χ0n) is 11.1. The van der Waals surface area contributed by atoms with Gasteiger partial charge in [0.25, 0.3) is 5.91 Å². The molecule has 1 amide bonds. The Kier molecular flexibility index (Phi) is 4.27. The highest BCUT2D eigenvalue weighted by atomic mass is 35.5. The van der Waals surface area contributed by atoms with Crippen molar-refractivity contribution in [1.29, 1.82) is 0 Å². The Morgan fingerprint density at radius 3 is 3.05 bits per heavy atom. The normalized spacial score (nSPS) is 22.3. The number of rotatable bonds is 4. The van der Waals surface area contributed by atoms with Gasteiger partial charge >= 0.3 is 0 Å². The Bertz CT molecular complexity index is 473. The molecule has 1 unspecified atom stereocenters. The summed E-state index contributed by atoms with van der Waals surface area (Å²) < 4.78 is 5.32. The predicted octanol–water partition coefficient (Wildman–Crippen LogP) is 2.08. The number of anilines is 1. The van der Waals surface area contributed by atoms with Crippen LogP contribution in [0.3, 0.4) is 0 Å². The Balaban J connectivity index is 2.15. The highest BCUT2D eigenvalue weighted by Gasteiger charge is 2.32. The third kappa shape index (κ3) is 3.36. The number of pyridine rings is 1. The highest BCUT2D eigenvalue weighted by molar-refractivity contribution is 6.33. The lowest BCUT2D eigenvalue weighted by atomic mass is 10.0. The number of ether oxygens (including phenoxy) is 1. The third-order valence-electron chi connectivity index (χ3n) is 3.09. The monoisotopic (exact) mass is 283 g/mol. The van der Waals surface area contributed by atoms with Crippen molar-refractivity contribution in [2.75, 3.05) is 25.1 Å². The van der Waals surface area contributed by atoms with Crippen molar-refractivity contribution in [3.05, 3.63) is 22.8 Å². The molecule has 19 heavy (non-hydrogen) atoms. The summed E-state index contributed by atoms with van der Waals surface area (Å²) in [5, 5.41) is 6.39. The topological polar surface area (TPSA) is 63.2 Å². The Hall–Kier alpha value is -1.33. The molecule has 1 saturated heterocycles. The van der Waals surface area contributed by atoms with Gasteiger partial charge in [0.05, 0.1) is 22.7 Å². The summed E-state index contributed by atoms with van der Waals surface area (Å²) >= 11 is 6.04. The first-order valence-electron chi connectivity index (χ1n) is 6.34. The Morgan fingerprint density at radius 2 is 2.42 bits per heavy atom. The molecule has 1 aliphatic rings. The molecule has 0 spiro atoms. The van der Waals surface area contributed by atoms with Crippen LogP contribution in [0.2, 0.25) is 5.02 Å². The molecular formula is C13H18ClN3O2. The number of halogens is 1. The standard InChI is InChI=1S/C13H18ClN3O2/c1-3-15-11-6-9(10(14)7-16-11)12(18)17-13(2)4-5-19-8-13/h6-7H,3-5,8H2,1-2H3,(H,15,16)(H,17,18). The smallest absolute Gasteiger partial charge is 0.253 e. The van der Waals surface area contributed by atoms with Gasteiger partial charge < -0.3 is 15.4 Å². The van der Waals surface area contributed by atoms with Crippen LogP contribution in [-0.4, -0.2) is 36.2 Å². The number of amides is 1. The van der Waals surface area contributed by atoms with Gasteiger partial charge in [-0.15, -0.1) is 0 Å². The summed E-state index contributed by atoms with van der Waals surface area (Å²) in [5.41, 5.74) is 0.114. The minimum absolute atomic E-state index is 0.195. The average Bonchev–Trinajstić information content (AvgIpc) is 2.78. The maximum Gasteiger partial charge on any atom is 0.253 e. The van der Waals surface area contributed by atoms with E-state index in [4.69, 9.17) is 16.3 Å². The fourth-order valence-electron chi connectivity index (χ4n) is 2.00. The second kappa shape index (κ2) is 5.75. The lowest BCUT2D eigenvalue weighted by Gasteiger charge is -2.23. The van der Waals surface area contributed by atoms with E-state index < -0.39 is 0 Å². The molecule has 1 aliphatic heterocycles. The molecule has 5 nitrogen and oxygen atoms in total. The number of aromatic nitrogens is 1. The molecule has 1 aromatic rings. The molecular weight excluding hydrogens is 266 g/mol. The van der Waals surface area contributed by atoms with Crippen molar-refractivity contribution in [2.45, 2.75) is 25.8 Å². The number of carbonyl (C=O) groups excluding carboxylic acids is 1. The van der Waals surface area contributed by atoms with Crippen LogP contribution in [-0.2, 0) is 4.74 Å². The van der Waals surface area contributed by atoms with Crippen LogP contribution in [0.5, 0.6) is 0 Å². The van der Waals surface area contributed by atoms with Crippen molar-refractivity contribution in [3.8, 4) is 0 Å². The van der Waals surface area contributed by atoms with Gasteiger partial charge in [0, 0.05) is 19.3 Å². The molecule has 0 saturated carbocycles. The van der Waals surface area contributed by atoms with Crippen LogP contribution >= 0.6 is 11.6 Å². The van der Waals surface area contributed by atoms with Crippen molar-refractivity contribution < 1.29 is 9.53 Å². The summed E-state index contributed by atoms with van der Waals surface area (Å²) in [6.45, 7) is 5.87. The third-order valence-corrected chi connectivity index (χ3v) is 3.39. The van der Waals surface area contributed by atoms with Gasteiger partial charge in [0.1, 0.15) is 5.82 Å². The average molecular weight is 284 g/mol. The molecule has 2 heterocycles. The first-order chi connectivity index (χ1) is 9.04.